The number of rotatable bonds is 8. The first-order valence-electron chi connectivity index (χ1n) is 13.3. The number of fused-ring (bicyclic) bond motifs is 1. The summed E-state index contributed by atoms with van der Waals surface area (Å²) >= 11 is 0. The predicted octanol–water partition coefficient (Wildman–Crippen LogP) is 5.21. The fourth-order valence-electron chi connectivity index (χ4n) is 5.58. The zero-order chi connectivity index (χ0) is 26.7. The highest BCUT2D eigenvalue weighted by atomic mass is 16.8. The molecule has 2 aliphatic heterocycles. The summed E-state index contributed by atoms with van der Waals surface area (Å²) in [5.74, 6) is -1.28. The molecule has 4 atom stereocenters. The van der Waals surface area contributed by atoms with Gasteiger partial charge in [0.2, 0.25) is 5.79 Å². The summed E-state index contributed by atoms with van der Waals surface area (Å²) in [6.45, 7) is 1.05. The molecule has 4 unspecified atom stereocenters. The lowest BCUT2D eigenvalue weighted by Crippen LogP contribution is -2.36. The molecule has 2 saturated heterocycles. The predicted molar refractivity (Wildman–Crippen MR) is 143 cm³/mol. The van der Waals surface area contributed by atoms with E-state index in [0.29, 0.717) is 30.9 Å². The van der Waals surface area contributed by atoms with Crippen LogP contribution in [0.2, 0.25) is 0 Å². The van der Waals surface area contributed by atoms with Crippen LogP contribution < -0.4 is 4.74 Å². The molecule has 1 aliphatic carbocycles. The topological polar surface area (TPSA) is 80.3 Å². The van der Waals surface area contributed by atoms with E-state index in [9.17, 15) is 9.59 Å². The molecule has 0 radical (unpaired) electrons. The van der Waals surface area contributed by atoms with Crippen molar-refractivity contribution in [3.05, 3.63) is 103 Å². The SMILES string of the molecule is O=C1CC2C(CC(OC(=O)c3ccc(-c4ccccc4)cc3)C2C=CC2(COc3ccccc3)OCCO2)O1. The highest BCUT2D eigenvalue weighted by Crippen LogP contribution is 2.44. The molecule has 0 bridgehead atoms. The lowest BCUT2D eigenvalue weighted by Gasteiger charge is -2.26. The van der Waals surface area contributed by atoms with Gasteiger partial charge in [0.15, 0.2) is 0 Å². The number of hydrogen-bond acceptors (Lipinski definition) is 7. The van der Waals surface area contributed by atoms with Crippen LogP contribution in [0.5, 0.6) is 5.75 Å². The van der Waals surface area contributed by atoms with Gasteiger partial charge >= 0.3 is 11.9 Å². The van der Waals surface area contributed by atoms with Gasteiger partial charge in [-0.05, 0) is 41.5 Å². The number of carbonyl (C=O) groups is 2. The van der Waals surface area contributed by atoms with Gasteiger partial charge in [-0.1, -0.05) is 66.7 Å². The third kappa shape index (κ3) is 5.60. The van der Waals surface area contributed by atoms with Gasteiger partial charge in [0.25, 0.3) is 0 Å². The normalized spacial score (nSPS) is 25.4. The molecule has 39 heavy (non-hydrogen) atoms. The van der Waals surface area contributed by atoms with E-state index in [2.05, 4.69) is 0 Å². The van der Waals surface area contributed by atoms with Crippen molar-refractivity contribution in [2.45, 2.75) is 30.8 Å². The van der Waals surface area contributed by atoms with Gasteiger partial charge in [-0.15, -0.1) is 0 Å². The molecule has 3 aromatic carbocycles. The van der Waals surface area contributed by atoms with Gasteiger partial charge in [0.05, 0.1) is 25.2 Å². The lowest BCUT2D eigenvalue weighted by molar-refractivity contribution is -0.141. The number of ether oxygens (including phenoxy) is 5. The first-order chi connectivity index (χ1) is 19.1. The van der Waals surface area contributed by atoms with E-state index in [0.717, 1.165) is 11.1 Å². The minimum Gasteiger partial charge on any atom is -0.488 e. The van der Waals surface area contributed by atoms with Gasteiger partial charge in [-0.25, -0.2) is 4.79 Å². The Morgan fingerprint density at radius 3 is 2.28 bits per heavy atom. The molecule has 1 saturated carbocycles. The summed E-state index contributed by atoms with van der Waals surface area (Å²) in [5, 5.41) is 0. The van der Waals surface area contributed by atoms with Gasteiger partial charge < -0.3 is 23.7 Å². The van der Waals surface area contributed by atoms with Crippen molar-refractivity contribution in [1.82, 2.24) is 0 Å². The highest BCUT2D eigenvalue weighted by Gasteiger charge is 2.51. The zero-order valence-electron chi connectivity index (χ0n) is 21.4. The molecule has 7 heteroatoms. The average molecular weight is 527 g/mol. The Kier molecular flexibility index (Phi) is 7.18. The van der Waals surface area contributed by atoms with Crippen LogP contribution in [0.1, 0.15) is 23.2 Å². The monoisotopic (exact) mass is 526 g/mol. The molecule has 0 amide bonds. The average Bonchev–Trinajstić information content (AvgIpc) is 3.67. The van der Waals surface area contributed by atoms with Gasteiger partial charge in [-0.3, -0.25) is 4.79 Å². The quantitative estimate of drug-likeness (QED) is 0.295. The minimum absolute atomic E-state index is 0.0829. The molecule has 2 heterocycles. The Labute approximate surface area is 227 Å². The summed E-state index contributed by atoms with van der Waals surface area (Å²) < 4.78 is 29.4. The van der Waals surface area contributed by atoms with Crippen LogP contribution in [0, 0.1) is 11.8 Å². The molecule has 3 aromatic rings. The molecule has 200 valence electrons. The molecule has 6 rings (SSSR count). The van der Waals surface area contributed by atoms with Crippen LogP contribution in [0.25, 0.3) is 11.1 Å². The van der Waals surface area contributed by atoms with Crippen molar-refractivity contribution in [3.63, 3.8) is 0 Å². The Morgan fingerprint density at radius 2 is 1.56 bits per heavy atom. The van der Waals surface area contributed by atoms with Crippen LogP contribution in [0.3, 0.4) is 0 Å². The Balaban J connectivity index is 1.17. The number of hydrogen-bond donors (Lipinski definition) is 0. The smallest absolute Gasteiger partial charge is 0.338 e. The third-order valence-corrected chi connectivity index (χ3v) is 7.57. The summed E-state index contributed by atoms with van der Waals surface area (Å²) in [4.78, 5) is 25.2. The van der Waals surface area contributed by atoms with Crippen LogP contribution in [0.4, 0.5) is 0 Å². The molecule has 7 nitrogen and oxygen atoms in total. The second-order valence-corrected chi connectivity index (χ2v) is 10.1. The molecule has 3 aliphatic rings. The van der Waals surface area contributed by atoms with Crippen molar-refractivity contribution < 1.29 is 33.3 Å². The maximum absolute atomic E-state index is 13.1. The largest absolute Gasteiger partial charge is 0.488 e. The maximum Gasteiger partial charge on any atom is 0.338 e. The second-order valence-electron chi connectivity index (χ2n) is 10.1. The number of carbonyl (C=O) groups excluding carboxylic acids is 2. The van der Waals surface area contributed by atoms with Crippen LogP contribution >= 0.6 is 0 Å². The van der Waals surface area contributed by atoms with E-state index < -0.39 is 17.9 Å². The second kappa shape index (κ2) is 11.0. The van der Waals surface area contributed by atoms with Crippen LogP contribution in [-0.2, 0) is 23.7 Å². The third-order valence-electron chi connectivity index (χ3n) is 7.57. The number of para-hydroxylation sites is 1. The fourth-order valence-corrected chi connectivity index (χ4v) is 5.58. The highest BCUT2D eigenvalue weighted by molar-refractivity contribution is 5.90. The van der Waals surface area contributed by atoms with Crippen molar-refractivity contribution in [2.75, 3.05) is 19.8 Å². The minimum atomic E-state index is -1.06. The number of benzene rings is 3. The van der Waals surface area contributed by atoms with Crippen LogP contribution in [0.15, 0.2) is 97.1 Å². The zero-order valence-corrected chi connectivity index (χ0v) is 21.4. The molecule has 0 N–H and O–H groups in total. The molecule has 3 fully saturated rings. The molecular weight excluding hydrogens is 496 g/mol. The maximum atomic E-state index is 13.1. The van der Waals surface area contributed by atoms with Gasteiger partial charge in [0, 0.05) is 18.3 Å². The van der Waals surface area contributed by atoms with Gasteiger partial charge in [-0.2, -0.15) is 0 Å². The summed E-state index contributed by atoms with van der Waals surface area (Å²) in [5.41, 5.74) is 2.58. The first-order valence-corrected chi connectivity index (χ1v) is 13.3. The first kappa shape index (κ1) is 25.3. The van der Waals surface area contributed by atoms with Crippen molar-refractivity contribution in [1.29, 1.82) is 0 Å². The Morgan fingerprint density at radius 1 is 0.897 bits per heavy atom. The van der Waals surface area contributed by atoms with E-state index in [1.807, 2.05) is 84.9 Å². The Bertz CT molecular complexity index is 1310. The van der Waals surface area contributed by atoms with E-state index in [1.165, 1.54) is 0 Å². The van der Waals surface area contributed by atoms with E-state index >= 15 is 0 Å². The summed E-state index contributed by atoms with van der Waals surface area (Å²) in [6.07, 6.45) is 3.80. The lowest BCUT2D eigenvalue weighted by atomic mass is 9.91. The fraction of sp³-hybridized carbons (Fsp3) is 0.312. The van der Waals surface area contributed by atoms with Crippen molar-refractivity contribution in [3.8, 4) is 16.9 Å². The summed E-state index contributed by atoms with van der Waals surface area (Å²) in [6, 6.07) is 26.8. The van der Waals surface area contributed by atoms with Crippen LogP contribution in [-0.4, -0.2) is 49.8 Å². The Hall–Kier alpha value is -3.94. The molecule has 0 aromatic heterocycles. The molecular formula is C32H30O7. The summed E-state index contributed by atoms with van der Waals surface area (Å²) in [7, 11) is 0. The standard InChI is InChI=1S/C32H30O7/c33-30-19-27-26(15-16-32(36-17-18-37-32)21-35-25-9-5-2-6-10-25)28(20-29(27)38-30)39-31(34)24-13-11-23(12-14-24)22-7-3-1-4-8-22/h1-16,26-29H,17-21H2. The van der Waals surface area contributed by atoms with E-state index in [4.69, 9.17) is 23.7 Å². The van der Waals surface area contributed by atoms with Crippen molar-refractivity contribution in [2.24, 2.45) is 11.8 Å². The van der Waals surface area contributed by atoms with E-state index in [1.54, 1.807) is 12.1 Å². The molecule has 0 spiro atoms. The van der Waals surface area contributed by atoms with Crippen molar-refractivity contribution >= 4 is 11.9 Å². The van der Waals surface area contributed by atoms with Gasteiger partial charge in [0.1, 0.15) is 24.6 Å². The van der Waals surface area contributed by atoms with E-state index in [-0.39, 0.29) is 36.9 Å². The number of esters is 2.